The first-order valence-corrected chi connectivity index (χ1v) is 8.80. The van der Waals surface area contributed by atoms with E-state index in [1.807, 2.05) is 6.92 Å². The Morgan fingerprint density at radius 3 is 2.43 bits per heavy atom. The molecular formula is C17H14N2O3S. The molecule has 0 saturated heterocycles. The van der Waals surface area contributed by atoms with E-state index < -0.39 is 9.84 Å². The van der Waals surface area contributed by atoms with Crippen LogP contribution in [0.4, 0.5) is 0 Å². The van der Waals surface area contributed by atoms with Gasteiger partial charge in [-0.3, -0.25) is 9.79 Å². The molecule has 1 N–H and O–H groups in total. The zero-order valence-electron chi connectivity index (χ0n) is 12.5. The second-order valence-electron chi connectivity index (χ2n) is 5.70. The molecule has 4 rings (SSSR count). The number of nitrogens with zero attached hydrogens (tertiary/aromatic N) is 1. The summed E-state index contributed by atoms with van der Waals surface area (Å²) >= 11 is 0. The predicted octanol–water partition coefficient (Wildman–Crippen LogP) is 1.72. The Balaban J connectivity index is 1.97. The van der Waals surface area contributed by atoms with Crippen molar-refractivity contribution in [1.82, 2.24) is 5.32 Å². The van der Waals surface area contributed by atoms with Crippen LogP contribution < -0.4 is 5.32 Å². The Bertz CT molecular complexity index is 991. The summed E-state index contributed by atoms with van der Waals surface area (Å²) in [5, 5.41) is 3.12. The third-order valence-corrected chi connectivity index (χ3v) is 5.97. The lowest BCUT2D eigenvalue weighted by Gasteiger charge is -2.20. The van der Waals surface area contributed by atoms with Crippen LogP contribution in [0, 0.1) is 6.92 Å². The molecule has 0 spiro atoms. The quantitative estimate of drug-likeness (QED) is 0.739. The molecule has 2 aliphatic rings. The third-order valence-electron chi connectivity index (χ3n) is 4.13. The molecule has 23 heavy (non-hydrogen) atoms. The summed E-state index contributed by atoms with van der Waals surface area (Å²) in [6, 6.07) is 9.76. The number of nitrogens with one attached hydrogen (secondary N) is 1. The molecule has 2 aromatic carbocycles. The maximum absolute atomic E-state index is 12.9. The largest absolute Gasteiger partial charge is 0.368 e. The van der Waals surface area contributed by atoms with Gasteiger partial charge in [0.2, 0.25) is 9.84 Å². The number of benzene rings is 2. The second-order valence-corrected chi connectivity index (χ2v) is 7.59. The van der Waals surface area contributed by atoms with Crippen LogP contribution in [-0.2, 0) is 9.84 Å². The van der Waals surface area contributed by atoms with E-state index in [4.69, 9.17) is 0 Å². The zero-order valence-corrected chi connectivity index (χ0v) is 13.3. The molecule has 5 nitrogen and oxygen atoms in total. The normalized spacial score (nSPS) is 18.0. The van der Waals surface area contributed by atoms with Crippen LogP contribution >= 0.6 is 0 Å². The van der Waals surface area contributed by atoms with Crippen LogP contribution in [0.1, 0.15) is 27.0 Å². The van der Waals surface area contributed by atoms with Gasteiger partial charge in [-0.1, -0.05) is 12.1 Å². The van der Waals surface area contributed by atoms with Crippen LogP contribution in [0.15, 0.2) is 51.2 Å². The Labute approximate surface area is 134 Å². The fraction of sp³-hybridized carbons (Fsp3) is 0.176. The van der Waals surface area contributed by atoms with Gasteiger partial charge in [-0.05, 0) is 36.8 Å². The van der Waals surface area contributed by atoms with E-state index in [-0.39, 0.29) is 26.7 Å². The van der Waals surface area contributed by atoms with Gasteiger partial charge in [-0.2, -0.15) is 0 Å². The van der Waals surface area contributed by atoms with Gasteiger partial charge in [0.1, 0.15) is 5.84 Å². The molecule has 0 bridgehead atoms. The fourth-order valence-electron chi connectivity index (χ4n) is 2.97. The minimum Gasteiger partial charge on any atom is -0.368 e. The first kappa shape index (κ1) is 14.1. The van der Waals surface area contributed by atoms with E-state index in [2.05, 4.69) is 10.3 Å². The van der Waals surface area contributed by atoms with E-state index in [9.17, 15) is 13.2 Å². The molecule has 2 aromatic rings. The summed E-state index contributed by atoms with van der Waals surface area (Å²) in [5.41, 5.74) is 1.96. The lowest BCUT2D eigenvalue weighted by molar-refractivity contribution is 0.103. The van der Waals surface area contributed by atoms with E-state index in [0.717, 1.165) is 12.1 Å². The van der Waals surface area contributed by atoms with Gasteiger partial charge in [0.05, 0.1) is 16.3 Å². The van der Waals surface area contributed by atoms with E-state index in [1.54, 1.807) is 36.4 Å². The standard InChI is InChI=1S/C17H14N2O3S/c1-10-2-4-12-14(8-10)23(21,22)15-9-11(17-18-6-7-19-17)3-5-13(15)16(12)20/h2-5,8-9H,6-7H2,1H3,(H,18,19). The van der Waals surface area contributed by atoms with Gasteiger partial charge < -0.3 is 5.32 Å². The maximum atomic E-state index is 12.9. The number of amidine groups is 1. The first-order chi connectivity index (χ1) is 11.0. The number of rotatable bonds is 1. The Kier molecular flexibility index (Phi) is 2.93. The average molecular weight is 326 g/mol. The van der Waals surface area contributed by atoms with Crippen molar-refractivity contribution in [3.05, 3.63) is 58.7 Å². The molecule has 0 atom stereocenters. The Morgan fingerprint density at radius 1 is 1.04 bits per heavy atom. The molecule has 0 saturated carbocycles. The van der Waals surface area contributed by atoms with Crippen molar-refractivity contribution in [2.75, 3.05) is 13.1 Å². The highest BCUT2D eigenvalue weighted by Crippen LogP contribution is 2.35. The van der Waals surface area contributed by atoms with Crippen LogP contribution in [0.25, 0.3) is 0 Å². The minimum absolute atomic E-state index is 0.0644. The van der Waals surface area contributed by atoms with Gasteiger partial charge in [0.25, 0.3) is 0 Å². The maximum Gasteiger partial charge on any atom is 0.208 e. The topological polar surface area (TPSA) is 75.6 Å². The van der Waals surface area contributed by atoms with Crippen LogP contribution in [0.5, 0.6) is 0 Å². The van der Waals surface area contributed by atoms with E-state index in [1.165, 1.54) is 0 Å². The van der Waals surface area contributed by atoms with Gasteiger partial charge in [-0.25, -0.2) is 8.42 Å². The molecule has 0 aromatic heterocycles. The van der Waals surface area contributed by atoms with Crippen molar-refractivity contribution in [3.63, 3.8) is 0 Å². The smallest absolute Gasteiger partial charge is 0.208 e. The third kappa shape index (κ3) is 2.02. The van der Waals surface area contributed by atoms with Crippen molar-refractivity contribution in [3.8, 4) is 0 Å². The van der Waals surface area contributed by atoms with Crippen LogP contribution in [-0.4, -0.2) is 33.1 Å². The lowest BCUT2D eigenvalue weighted by atomic mass is 10.00. The lowest BCUT2D eigenvalue weighted by Crippen LogP contribution is -2.23. The van der Waals surface area contributed by atoms with Crippen molar-refractivity contribution >= 4 is 21.5 Å². The monoisotopic (exact) mass is 326 g/mol. The second kappa shape index (κ2) is 4.76. The number of ketones is 1. The summed E-state index contributed by atoms with van der Waals surface area (Å²) < 4.78 is 25.9. The predicted molar refractivity (Wildman–Crippen MR) is 85.9 cm³/mol. The zero-order chi connectivity index (χ0) is 16.2. The molecule has 0 radical (unpaired) electrons. The molecule has 0 aliphatic carbocycles. The number of carbonyl (C=O) groups is 1. The minimum atomic E-state index is -3.71. The first-order valence-electron chi connectivity index (χ1n) is 7.32. The summed E-state index contributed by atoms with van der Waals surface area (Å²) in [5.74, 6) is 0.420. The molecule has 0 unspecified atom stereocenters. The van der Waals surface area contributed by atoms with Crippen molar-refractivity contribution in [2.45, 2.75) is 16.7 Å². The molecule has 116 valence electrons. The summed E-state index contributed by atoms with van der Waals surface area (Å²) in [7, 11) is -3.71. The highest BCUT2D eigenvalue weighted by Gasteiger charge is 2.35. The highest BCUT2D eigenvalue weighted by atomic mass is 32.2. The number of hydrogen-bond acceptors (Lipinski definition) is 5. The van der Waals surface area contributed by atoms with E-state index >= 15 is 0 Å². The SMILES string of the molecule is Cc1ccc2c(c1)S(=O)(=O)c1cc(C3=NCCN3)ccc1C2=O. The van der Waals surface area contributed by atoms with Crippen LogP contribution in [0.3, 0.4) is 0 Å². The number of aliphatic imine (C=N–C) groups is 1. The fourth-order valence-corrected chi connectivity index (χ4v) is 4.73. The summed E-state index contributed by atoms with van der Waals surface area (Å²) in [4.78, 5) is 17.1. The molecule has 2 heterocycles. The number of fused-ring (bicyclic) bond motifs is 2. The highest BCUT2D eigenvalue weighted by molar-refractivity contribution is 7.91. The number of carbonyl (C=O) groups excluding carboxylic acids is 1. The average Bonchev–Trinajstić information content (AvgIpc) is 3.07. The van der Waals surface area contributed by atoms with E-state index in [0.29, 0.717) is 17.9 Å². The van der Waals surface area contributed by atoms with Gasteiger partial charge in [0, 0.05) is 23.2 Å². The molecule has 0 amide bonds. The number of hydrogen-bond donors (Lipinski definition) is 1. The molecule has 0 fully saturated rings. The Morgan fingerprint density at radius 2 is 1.74 bits per heavy atom. The molecule has 2 aliphatic heterocycles. The molecular weight excluding hydrogens is 312 g/mol. The van der Waals surface area contributed by atoms with Crippen molar-refractivity contribution < 1.29 is 13.2 Å². The Hall–Kier alpha value is -2.47. The van der Waals surface area contributed by atoms with Crippen LogP contribution in [0.2, 0.25) is 0 Å². The van der Waals surface area contributed by atoms with Gasteiger partial charge in [-0.15, -0.1) is 0 Å². The van der Waals surface area contributed by atoms with Crippen molar-refractivity contribution in [1.29, 1.82) is 0 Å². The molecule has 6 heteroatoms. The van der Waals surface area contributed by atoms with Crippen molar-refractivity contribution in [2.24, 2.45) is 4.99 Å². The number of aryl methyl sites for hydroxylation is 1. The summed E-state index contributed by atoms with van der Waals surface area (Å²) in [6.07, 6.45) is 0. The summed E-state index contributed by atoms with van der Waals surface area (Å²) in [6.45, 7) is 3.21. The number of sulfone groups is 1. The van der Waals surface area contributed by atoms with Gasteiger partial charge in [0.15, 0.2) is 5.78 Å². The van der Waals surface area contributed by atoms with Gasteiger partial charge >= 0.3 is 0 Å².